The van der Waals surface area contributed by atoms with Crippen molar-refractivity contribution in [3.63, 3.8) is 0 Å². The summed E-state index contributed by atoms with van der Waals surface area (Å²) in [5, 5.41) is 0. The Morgan fingerprint density at radius 3 is 1.83 bits per heavy atom. The minimum atomic E-state index is -1.35. The van der Waals surface area contributed by atoms with Gasteiger partial charge in [0.2, 0.25) is 0 Å². The maximum Gasteiger partial charge on any atom is 0.194 e. The van der Waals surface area contributed by atoms with Gasteiger partial charge >= 0.3 is 0 Å². The molecule has 0 aromatic heterocycles. The van der Waals surface area contributed by atoms with Crippen LogP contribution < -0.4 is 0 Å². The fraction of sp³-hybridized carbons (Fsp3) is 0.650. The summed E-state index contributed by atoms with van der Waals surface area (Å²) >= 11 is 0. The van der Waals surface area contributed by atoms with Crippen LogP contribution in [0.2, 0.25) is 0 Å². The molecular weight excluding hydrogens is 483 g/mol. The van der Waals surface area contributed by atoms with Gasteiger partial charge in [-0.2, -0.15) is 12.8 Å². The van der Waals surface area contributed by atoms with Crippen molar-refractivity contribution in [2.45, 2.75) is 70.1 Å². The zero-order chi connectivity index (χ0) is 16.2. The number of hydrogen-bond acceptors (Lipinski definition) is 0. The molecular formula is C20H26F3Re-. The van der Waals surface area contributed by atoms with Gasteiger partial charge in [0, 0.05) is 20.4 Å². The van der Waals surface area contributed by atoms with E-state index in [0.717, 1.165) is 37.5 Å². The summed E-state index contributed by atoms with van der Waals surface area (Å²) in [4.78, 5) is 0. The fourth-order valence-corrected chi connectivity index (χ4v) is 4.35. The smallest absolute Gasteiger partial charge is 0.194 e. The van der Waals surface area contributed by atoms with Gasteiger partial charge in [0.25, 0.3) is 0 Å². The molecule has 2 saturated carbocycles. The van der Waals surface area contributed by atoms with Crippen LogP contribution in [0.3, 0.4) is 0 Å². The van der Waals surface area contributed by atoms with Crippen molar-refractivity contribution in [1.29, 1.82) is 0 Å². The van der Waals surface area contributed by atoms with Crippen LogP contribution in [0.15, 0.2) is 12.1 Å². The first-order valence-corrected chi connectivity index (χ1v) is 9.09. The SMILES string of the molecule is Fc1cc(C2CCC(CCC3CC[CH-]CC3)CC2)cc(F)c1F.[Re]. The predicted octanol–water partition coefficient (Wildman–Crippen LogP) is 6.55. The molecule has 2 fully saturated rings. The molecule has 0 unspecified atom stereocenters. The zero-order valence-corrected chi connectivity index (χ0v) is 16.8. The van der Waals surface area contributed by atoms with E-state index < -0.39 is 17.5 Å². The summed E-state index contributed by atoms with van der Waals surface area (Å²) in [6, 6.07) is 2.36. The summed E-state index contributed by atoms with van der Waals surface area (Å²) in [5.74, 6) is -1.63. The van der Waals surface area contributed by atoms with Crippen LogP contribution in [-0.2, 0) is 20.4 Å². The summed E-state index contributed by atoms with van der Waals surface area (Å²) in [6.07, 6.45) is 14.5. The molecule has 0 bridgehead atoms. The van der Waals surface area contributed by atoms with Gasteiger partial charge in [0.1, 0.15) is 0 Å². The van der Waals surface area contributed by atoms with Crippen molar-refractivity contribution in [1.82, 2.24) is 0 Å². The van der Waals surface area contributed by atoms with E-state index in [0.29, 0.717) is 5.56 Å². The Bertz CT molecular complexity index is 495. The zero-order valence-electron chi connectivity index (χ0n) is 14.0. The van der Waals surface area contributed by atoms with E-state index in [1.54, 1.807) is 0 Å². The van der Waals surface area contributed by atoms with Crippen molar-refractivity contribution >= 4 is 0 Å². The van der Waals surface area contributed by atoms with Crippen molar-refractivity contribution < 1.29 is 33.6 Å². The van der Waals surface area contributed by atoms with Gasteiger partial charge in [-0.1, -0.05) is 25.7 Å². The Kier molecular flexibility index (Phi) is 7.82. The molecule has 0 amide bonds. The molecule has 0 aliphatic heterocycles. The first kappa shape index (κ1) is 20.0. The Morgan fingerprint density at radius 1 is 0.792 bits per heavy atom. The first-order chi connectivity index (χ1) is 11.1. The molecule has 1 aromatic rings. The van der Waals surface area contributed by atoms with E-state index in [1.165, 1.54) is 50.7 Å². The van der Waals surface area contributed by atoms with Crippen LogP contribution in [0.25, 0.3) is 0 Å². The van der Waals surface area contributed by atoms with Crippen molar-refractivity contribution in [2.24, 2.45) is 11.8 Å². The maximum absolute atomic E-state index is 13.4. The number of halogens is 3. The summed E-state index contributed by atoms with van der Waals surface area (Å²) in [5.41, 5.74) is 0.627. The first-order valence-electron chi connectivity index (χ1n) is 9.09. The van der Waals surface area contributed by atoms with Crippen LogP contribution in [-0.4, -0.2) is 0 Å². The average molecular weight is 510 g/mol. The summed E-state index contributed by atoms with van der Waals surface area (Å²) in [7, 11) is 0. The van der Waals surface area contributed by atoms with Gasteiger partial charge in [-0.05, 0) is 61.1 Å². The quantitative estimate of drug-likeness (QED) is 0.319. The molecule has 4 heteroatoms. The average Bonchev–Trinajstić information content (AvgIpc) is 2.59. The third-order valence-electron chi connectivity index (χ3n) is 5.87. The molecule has 2 aliphatic carbocycles. The fourth-order valence-electron chi connectivity index (χ4n) is 4.35. The predicted molar refractivity (Wildman–Crippen MR) is 86.5 cm³/mol. The Labute approximate surface area is 157 Å². The third-order valence-corrected chi connectivity index (χ3v) is 5.87. The van der Waals surface area contributed by atoms with Crippen molar-refractivity contribution in [3.8, 4) is 0 Å². The maximum atomic E-state index is 13.4. The molecule has 0 atom stereocenters. The van der Waals surface area contributed by atoms with Crippen molar-refractivity contribution in [3.05, 3.63) is 41.6 Å². The molecule has 0 nitrogen and oxygen atoms in total. The van der Waals surface area contributed by atoms with Gasteiger partial charge in [-0.3, -0.25) is 0 Å². The minimum Gasteiger partial charge on any atom is -0.328 e. The second-order valence-electron chi connectivity index (χ2n) is 7.40. The van der Waals surface area contributed by atoms with Gasteiger partial charge in [0.05, 0.1) is 0 Å². The van der Waals surface area contributed by atoms with Gasteiger partial charge < -0.3 is 6.42 Å². The number of benzene rings is 1. The third kappa shape index (κ3) is 5.09. The Hall–Kier alpha value is -0.328. The second kappa shape index (κ2) is 9.39. The molecule has 135 valence electrons. The number of rotatable bonds is 4. The standard InChI is InChI=1S/C20H26F3.Re/c21-18-12-17(13-19(22)20(18)23)16-10-8-15(9-11-16)7-6-14-4-2-1-3-5-14;/h1,12-16H,2-11H2;/q-1;. The molecule has 0 spiro atoms. The molecule has 3 rings (SSSR count). The van der Waals surface area contributed by atoms with Gasteiger partial charge in [0.15, 0.2) is 17.5 Å². The van der Waals surface area contributed by atoms with Crippen LogP contribution in [0.4, 0.5) is 13.2 Å². The molecule has 0 saturated heterocycles. The van der Waals surface area contributed by atoms with Crippen LogP contribution in [0, 0.1) is 35.7 Å². The number of hydrogen-bond donors (Lipinski definition) is 0. The van der Waals surface area contributed by atoms with E-state index >= 15 is 0 Å². The Balaban J connectivity index is 0.00000208. The topological polar surface area (TPSA) is 0 Å². The van der Waals surface area contributed by atoms with E-state index in [9.17, 15) is 13.2 Å². The van der Waals surface area contributed by atoms with Crippen LogP contribution in [0.5, 0.6) is 0 Å². The second-order valence-corrected chi connectivity index (χ2v) is 7.40. The molecule has 0 heterocycles. The van der Waals surface area contributed by atoms with E-state index in [4.69, 9.17) is 0 Å². The summed E-state index contributed by atoms with van der Waals surface area (Å²) in [6.45, 7) is 0. The van der Waals surface area contributed by atoms with Crippen LogP contribution in [0.1, 0.15) is 75.7 Å². The van der Waals surface area contributed by atoms with E-state index in [1.807, 2.05) is 0 Å². The van der Waals surface area contributed by atoms with Gasteiger partial charge in [-0.15, -0.1) is 0 Å². The molecule has 1 radical (unpaired) electrons. The van der Waals surface area contributed by atoms with Gasteiger partial charge in [-0.25, -0.2) is 13.2 Å². The van der Waals surface area contributed by atoms with Crippen molar-refractivity contribution in [2.75, 3.05) is 0 Å². The normalized spacial score (nSPS) is 25.3. The van der Waals surface area contributed by atoms with E-state index in [-0.39, 0.29) is 26.3 Å². The molecule has 0 N–H and O–H groups in total. The van der Waals surface area contributed by atoms with E-state index in [2.05, 4.69) is 6.42 Å². The summed E-state index contributed by atoms with van der Waals surface area (Å²) < 4.78 is 39.8. The minimum absolute atomic E-state index is 0. The molecule has 24 heavy (non-hydrogen) atoms. The molecule has 1 aromatic carbocycles. The monoisotopic (exact) mass is 510 g/mol. The molecule has 2 aliphatic rings. The largest absolute Gasteiger partial charge is 0.328 e. The van der Waals surface area contributed by atoms with Crippen LogP contribution >= 0.6 is 0 Å². The Morgan fingerprint density at radius 2 is 1.29 bits per heavy atom.